The fourth-order valence-electron chi connectivity index (χ4n) is 5.21. The lowest BCUT2D eigenvalue weighted by molar-refractivity contribution is -0.132. The number of carbonyl (C=O) groups is 1. The summed E-state index contributed by atoms with van der Waals surface area (Å²) in [6.45, 7) is 5.23. The van der Waals surface area contributed by atoms with Crippen LogP contribution in [0.4, 0.5) is 0 Å². The lowest BCUT2D eigenvalue weighted by Crippen LogP contribution is -2.55. The highest BCUT2D eigenvalue weighted by Gasteiger charge is 2.41. The largest absolute Gasteiger partial charge is 0.381 e. The van der Waals surface area contributed by atoms with Crippen LogP contribution in [0.2, 0.25) is 5.02 Å². The second kappa shape index (κ2) is 9.01. The van der Waals surface area contributed by atoms with E-state index in [9.17, 15) is 4.79 Å². The molecule has 0 bridgehead atoms. The molecule has 7 heteroatoms. The molecule has 1 amide bonds. The number of aryl methyl sites for hydroxylation is 1. The first-order valence-electron chi connectivity index (χ1n) is 11.7. The maximum atomic E-state index is 13.2. The Hall–Kier alpha value is -2.96. The maximum absolute atomic E-state index is 13.2. The molecule has 34 heavy (non-hydrogen) atoms. The topological polar surface area (TPSA) is 80.8 Å². The van der Waals surface area contributed by atoms with Gasteiger partial charge in [-0.1, -0.05) is 54.1 Å². The number of aliphatic imine (C=N–C) groups is 1. The van der Waals surface area contributed by atoms with Crippen LogP contribution in [0, 0.1) is 6.92 Å². The summed E-state index contributed by atoms with van der Waals surface area (Å²) in [5.74, 6) is 0.248. The summed E-state index contributed by atoms with van der Waals surface area (Å²) < 4.78 is 5.44. The number of carbonyl (C=O) groups excluding carboxylic acids is 1. The third-order valence-electron chi connectivity index (χ3n) is 7.04. The van der Waals surface area contributed by atoms with Crippen LogP contribution in [0.1, 0.15) is 48.6 Å². The van der Waals surface area contributed by atoms with Crippen LogP contribution in [-0.4, -0.2) is 41.0 Å². The van der Waals surface area contributed by atoms with Crippen molar-refractivity contribution in [2.45, 2.75) is 51.1 Å². The quantitative estimate of drug-likeness (QED) is 0.590. The van der Waals surface area contributed by atoms with Gasteiger partial charge in [-0.3, -0.25) is 14.7 Å². The Labute approximate surface area is 204 Å². The third kappa shape index (κ3) is 4.05. The minimum Gasteiger partial charge on any atom is -0.381 e. The van der Waals surface area contributed by atoms with Crippen molar-refractivity contribution in [2.75, 3.05) is 13.2 Å². The Bertz CT molecular complexity index is 1280. The molecule has 2 aromatic carbocycles. The second-order valence-electron chi connectivity index (χ2n) is 9.40. The molecule has 3 heterocycles. The molecule has 1 fully saturated rings. The highest BCUT2D eigenvalue weighted by Crippen LogP contribution is 2.40. The predicted octanol–water partition coefficient (Wildman–Crippen LogP) is 4.73. The van der Waals surface area contributed by atoms with Gasteiger partial charge in [0.25, 0.3) is 0 Å². The summed E-state index contributed by atoms with van der Waals surface area (Å²) in [4.78, 5) is 24.3. The van der Waals surface area contributed by atoms with Gasteiger partial charge < -0.3 is 10.5 Å². The number of hydrogen-bond acceptors (Lipinski definition) is 5. The number of guanidine groups is 1. The number of aromatic nitrogens is 1. The van der Waals surface area contributed by atoms with E-state index < -0.39 is 5.54 Å². The summed E-state index contributed by atoms with van der Waals surface area (Å²) >= 11 is 6.97. The molecule has 0 spiro atoms. The van der Waals surface area contributed by atoms with Gasteiger partial charge in [-0.25, -0.2) is 4.99 Å². The van der Waals surface area contributed by atoms with E-state index in [0.29, 0.717) is 24.7 Å². The van der Waals surface area contributed by atoms with Gasteiger partial charge in [0.05, 0.1) is 12.0 Å². The average molecular weight is 477 g/mol. The molecule has 0 radical (unpaired) electrons. The zero-order valence-corrected chi connectivity index (χ0v) is 20.3. The normalized spacial score (nSPS) is 21.7. The number of fused-ring (bicyclic) bond motifs is 1. The number of hydrogen-bond donors (Lipinski definition) is 1. The van der Waals surface area contributed by atoms with Crippen molar-refractivity contribution in [3.05, 3.63) is 76.1 Å². The van der Waals surface area contributed by atoms with E-state index in [-0.39, 0.29) is 24.3 Å². The molecule has 5 rings (SSSR count). The van der Waals surface area contributed by atoms with E-state index in [0.717, 1.165) is 40.6 Å². The summed E-state index contributed by atoms with van der Waals surface area (Å²) in [7, 11) is 0. The van der Waals surface area contributed by atoms with Crippen molar-refractivity contribution in [1.82, 2.24) is 9.88 Å². The van der Waals surface area contributed by atoms with Crippen LogP contribution in [0.15, 0.2) is 53.7 Å². The molecule has 2 N–H and O–H groups in total. The van der Waals surface area contributed by atoms with Gasteiger partial charge in [-0.15, -0.1) is 0 Å². The van der Waals surface area contributed by atoms with E-state index in [4.69, 9.17) is 27.1 Å². The van der Waals surface area contributed by atoms with Crippen LogP contribution in [0.25, 0.3) is 10.8 Å². The number of nitrogens with zero attached hydrogens (tertiary/aromatic N) is 3. The van der Waals surface area contributed by atoms with Gasteiger partial charge in [0, 0.05) is 48.0 Å². The van der Waals surface area contributed by atoms with E-state index in [1.807, 2.05) is 50.4 Å². The SMILES string of the molecule is Cc1ncc(Cc2cccc([C@]3(C)CC(=O)N(C4CCOCC4)C(N)=N3)c2Cl)c2ccccc12. The number of halogens is 1. The molecule has 176 valence electrons. The zero-order chi connectivity index (χ0) is 23.9. The first-order valence-corrected chi connectivity index (χ1v) is 12.1. The molecule has 2 aliphatic rings. The van der Waals surface area contributed by atoms with Crippen molar-refractivity contribution in [3.8, 4) is 0 Å². The van der Waals surface area contributed by atoms with E-state index in [1.165, 1.54) is 5.39 Å². The predicted molar refractivity (Wildman–Crippen MR) is 135 cm³/mol. The molecule has 6 nitrogen and oxygen atoms in total. The Morgan fingerprint density at radius 3 is 2.59 bits per heavy atom. The van der Waals surface area contributed by atoms with E-state index in [1.54, 1.807) is 4.90 Å². The highest BCUT2D eigenvalue weighted by molar-refractivity contribution is 6.32. The molecule has 1 saturated heterocycles. The fraction of sp³-hybridized carbons (Fsp3) is 0.370. The number of nitrogens with two attached hydrogens (primary N) is 1. The van der Waals surface area contributed by atoms with Crippen molar-refractivity contribution in [2.24, 2.45) is 10.7 Å². The molecule has 1 atom stereocenters. The van der Waals surface area contributed by atoms with Crippen LogP contribution in [-0.2, 0) is 21.5 Å². The van der Waals surface area contributed by atoms with Crippen molar-refractivity contribution in [3.63, 3.8) is 0 Å². The summed E-state index contributed by atoms with van der Waals surface area (Å²) in [5, 5.41) is 2.94. The van der Waals surface area contributed by atoms with Crippen molar-refractivity contribution in [1.29, 1.82) is 0 Å². The van der Waals surface area contributed by atoms with Gasteiger partial charge in [-0.05, 0) is 48.8 Å². The van der Waals surface area contributed by atoms with Crippen LogP contribution in [0.3, 0.4) is 0 Å². The molecule has 2 aliphatic heterocycles. The summed E-state index contributed by atoms with van der Waals surface area (Å²) in [6.07, 6.45) is 4.33. The maximum Gasteiger partial charge on any atom is 0.232 e. The molecular formula is C27H29ClN4O2. The highest BCUT2D eigenvalue weighted by atomic mass is 35.5. The molecule has 0 saturated carbocycles. The van der Waals surface area contributed by atoms with Crippen LogP contribution < -0.4 is 5.73 Å². The number of ether oxygens (including phenoxy) is 1. The first-order chi connectivity index (χ1) is 16.4. The van der Waals surface area contributed by atoms with Gasteiger partial charge in [-0.2, -0.15) is 0 Å². The van der Waals surface area contributed by atoms with Gasteiger partial charge in [0.1, 0.15) is 0 Å². The Morgan fingerprint density at radius 1 is 1.12 bits per heavy atom. The Kier molecular flexibility index (Phi) is 6.04. The van der Waals surface area contributed by atoms with Crippen LogP contribution in [0.5, 0.6) is 0 Å². The summed E-state index contributed by atoms with van der Waals surface area (Å²) in [5.41, 5.74) is 9.46. The molecular weight excluding hydrogens is 448 g/mol. The Balaban J connectivity index is 1.49. The number of pyridine rings is 1. The van der Waals surface area contributed by atoms with E-state index in [2.05, 4.69) is 17.1 Å². The summed E-state index contributed by atoms with van der Waals surface area (Å²) in [6, 6.07) is 14.3. The van der Waals surface area contributed by atoms with Crippen molar-refractivity contribution >= 4 is 34.2 Å². The molecule has 0 unspecified atom stereocenters. The molecule has 0 aliphatic carbocycles. The monoisotopic (exact) mass is 476 g/mol. The fourth-order valence-corrected chi connectivity index (χ4v) is 5.61. The minimum absolute atomic E-state index is 0.0166. The lowest BCUT2D eigenvalue weighted by Gasteiger charge is -2.40. The van der Waals surface area contributed by atoms with Crippen LogP contribution >= 0.6 is 11.6 Å². The number of amides is 1. The number of benzene rings is 2. The van der Waals surface area contributed by atoms with Gasteiger partial charge in [0.15, 0.2) is 5.96 Å². The second-order valence-corrected chi connectivity index (χ2v) is 9.78. The van der Waals surface area contributed by atoms with E-state index >= 15 is 0 Å². The Morgan fingerprint density at radius 2 is 1.85 bits per heavy atom. The first kappa shape index (κ1) is 22.8. The standard InChI is InChI=1S/C27H29ClN4O2/c1-17-21-7-3-4-8-22(21)19(16-30-17)14-18-6-5-9-23(25(18)28)27(2)15-24(33)32(26(29)31-27)20-10-12-34-13-11-20/h3-9,16,20H,10-15H2,1-2H3,(H2,29,31)/t27-/m0/s1. The minimum atomic E-state index is -0.816. The molecule has 1 aromatic heterocycles. The van der Waals surface area contributed by atoms with Gasteiger partial charge in [0.2, 0.25) is 5.91 Å². The number of rotatable bonds is 4. The third-order valence-corrected chi connectivity index (χ3v) is 7.49. The zero-order valence-electron chi connectivity index (χ0n) is 19.6. The van der Waals surface area contributed by atoms with Crippen molar-refractivity contribution < 1.29 is 9.53 Å². The lowest BCUT2D eigenvalue weighted by atomic mass is 9.85. The smallest absolute Gasteiger partial charge is 0.232 e. The molecule has 3 aromatic rings. The van der Waals surface area contributed by atoms with Gasteiger partial charge >= 0.3 is 0 Å². The average Bonchev–Trinajstić information content (AvgIpc) is 2.82.